The summed E-state index contributed by atoms with van der Waals surface area (Å²) in [6, 6.07) is 1.66. The predicted molar refractivity (Wildman–Crippen MR) is 87.9 cm³/mol. The maximum Gasteiger partial charge on any atom is 0.271 e. The molecule has 2 aromatic rings. The lowest BCUT2D eigenvalue weighted by Gasteiger charge is -2.22. The molecule has 1 aliphatic heterocycles. The van der Waals surface area contributed by atoms with Gasteiger partial charge in [0.05, 0.1) is 25.1 Å². The van der Waals surface area contributed by atoms with Crippen molar-refractivity contribution in [3.05, 3.63) is 41.7 Å². The van der Waals surface area contributed by atoms with Gasteiger partial charge in [-0.15, -0.1) is 0 Å². The van der Waals surface area contributed by atoms with Crippen LogP contribution in [0.25, 0.3) is 0 Å². The molecule has 25 heavy (non-hydrogen) atoms. The second kappa shape index (κ2) is 7.84. The van der Waals surface area contributed by atoms with Crippen LogP contribution >= 0.6 is 0 Å². The molecular weight excluding hydrogens is 324 g/mol. The molecule has 2 amide bonds. The van der Waals surface area contributed by atoms with E-state index in [-0.39, 0.29) is 23.4 Å². The zero-order chi connectivity index (χ0) is 17.6. The van der Waals surface area contributed by atoms with E-state index < -0.39 is 0 Å². The summed E-state index contributed by atoms with van der Waals surface area (Å²) in [5.74, 6) is -0.253. The minimum Gasteiger partial charge on any atom is -0.379 e. The van der Waals surface area contributed by atoms with Gasteiger partial charge in [0.15, 0.2) is 0 Å². The Morgan fingerprint density at radius 3 is 2.96 bits per heavy atom. The van der Waals surface area contributed by atoms with E-state index in [0.29, 0.717) is 38.4 Å². The van der Waals surface area contributed by atoms with Gasteiger partial charge < -0.3 is 15.0 Å². The number of rotatable bonds is 4. The monoisotopic (exact) mass is 344 g/mol. The molecule has 0 aliphatic carbocycles. The van der Waals surface area contributed by atoms with Crippen LogP contribution in [0.1, 0.15) is 26.7 Å². The van der Waals surface area contributed by atoms with Crippen LogP contribution in [0, 0.1) is 5.92 Å². The highest BCUT2D eigenvalue weighted by molar-refractivity contribution is 5.92. The van der Waals surface area contributed by atoms with Gasteiger partial charge >= 0.3 is 0 Å². The molecule has 1 aliphatic rings. The Labute approximate surface area is 144 Å². The normalized spacial score (nSPS) is 17.8. The molecule has 0 saturated carbocycles. The van der Waals surface area contributed by atoms with Crippen molar-refractivity contribution in [1.82, 2.24) is 30.4 Å². The number of amides is 2. The molecule has 9 heteroatoms. The molecular formula is C16H20N6O3. The number of hydrogen-bond acceptors (Lipinski definition) is 6. The van der Waals surface area contributed by atoms with Crippen LogP contribution < -0.4 is 5.32 Å². The zero-order valence-corrected chi connectivity index (χ0v) is 13.9. The highest BCUT2D eigenvalue weighted by Gasteiger charge is 2.24. The fourth-order valence-corrected chi connectivity index (χ4v) is 2.73. The van der Waals surface area contributed by atoms with Crippen LogP contribution in [0.4, 0.5) is 0 Å². The lowest BCUT2D eigenvalue weighted by atomic mass is 10.0. The number of carbonyl (C=O) groups excluding carboxylic acids is 2. The topological polar surface area (TPSA) is 113 Å². The third-order valence-corrected chi connectivity index (χ3v) is 4.02. The third-order valence-electron chi connectivity index (χ3n) is 4.02. The lowest BCUT2D eigenvalue weighted by molar-refractivity contribution is 0.0731. The molecule has 0 spiro atoms. The zero-order valence-electron chi connectivity index (χ0n) is 13.9. The van der Waals surface area contributed by atoms with Crippen LogP contribution in [0.15, 0.2) is 24.7 Å². The summed E-state index contributed by atoms with van der Waals surface area (Å²) < 4.78 is 5.62. The summed E-state index contributed by atoms with van der Waals surface area (Å²) in [6.07, 6.45) is 5.23. The second-order valence-corrected chi connectivity index (χ2v) is 5.84. The Hall–Kier alpha value is -2.81. The van der Waals surface area contributed by atoms with E-state index in [1.807, 2.05) is 0 Å². The van der Waals surface area contributed by atoms with E-state index in [0.717, 1.165) is 5.69 Å². The number of hydrogen-bond donors (Lipinski definition) is 2. The number of carbonyl (C=O) groups is 2. The molecule has 0 unspecified atom stereocenters. The van der Waals surface area contributed by atoms with Crippen molar-refractivity contribution in [2.75, 3.05) is 33.4 Å². The van der Waals surface area contributed by atoms with Crippen LogP contribution in [-0.2, 0) is 11.2 Å². The van der Waals surface area contributed by atoms with Gasteiger partial charge in [-0.1, -0.05) is 0 Å². The van der Waals surface area contributed by atoms with Gasteiger partial charge in [0, 0.05) is 38.4 Å². The van der Waals surface area contributed by atoms with E-state index in [4.69, 9.17) is 4.74 Å². The van der Waals surface area contributed by atoms with Crippen molar-refractivity contribution in [3.8, 4) is 0 Å². The Morgan fingerprint density at radius 1 is 1.40 bits per heavy atom. The number of ether oxygens (including phenoxy) is 1. The average molecular weight is 344 g/mol. The van der Waals surface area contributed by atoms with E-state index in [1.54, 1.807) is 30.4 Å². The second-order valence-electron chi connectivity index (χ2n) is 5.84. The molecule has 0 bridgehead atoms. The Kier molecular flexibility index (Phi) is 5.34. The quantitative estimate of drug-likeness (QED) is 0.800. The minimum atomic E-state index is -0.270. The van der Waals surface area contributed by atoms with Crippen molar-refractivity contribution in [3.63, 3.8) is 0 Å². The fourth-order valence-electron chi connectivity index (χ4n) is 2.73. The average Bonchev–Trinajstić information content (AvgIpc) is 3.08. The summed E-state index contributed by atoms with van der Waals surface area (Å²) in [5, 5.41) is 9.03. The minimum absolute atomic E-state index is 0.0888. The Bertz CT molecular complexity index is 716. The van der Waals surface area contributed by atoms with Crippen LogP contribution in [0.2, 0.25) is 0 Å². The summed E-state index contributed by atoms with van der Waals surface area (Å²) in [7, 11) is 1.55. The first-order chi connectivity index (χ1) is 12.2. The molecule has 3 heterocycles. The van der Waals surface area contributed by atoms with Gasteiger partial charge in [-0.05, 0) is 12.5 Å². The maximum absolute atomic E-state index is 12.5. The van der Waals surface area contributed by atoms with Crippen LogP contribution in [-0.4, -0.2) is 70.2 Å². The summed E-state index contributed by atoms with van der Waals surface area (Å²) in [5.41, 5.74) is 1.51. The highest BCUT2D eigenvalue weighted by Crippen LogP contribution is 2.14. The predicted octanol–water partition coefficient (Wildman–Crippen LogP) is -0.109. The highest BCUT2D eigenvalue weighted by atomic mass is 16.5. The molecule has 2 aromatic heterocycles. The van der Waals surface area contributed by atoms with Crippen molar-refractivity contribution < 1.29 is 14.3 Å². The summed E-state index contributed by atoms with van der Waals surface area (Å²) >= 11 is 0. The fraction of sp³-hybridized carbons (Fsp3) is 0.438. The molecule has 2 N–H and O–H groups in total. The molecule has 0 radical (unpaired) electrons. The molecule has 1 saturated heterocycles. The first kappa shape index (κ1) is 17.0. The van der Waals surface area contributed by atoms with Gasteiger partial charge in [0.2, 0.25) is 0 Å². The van der Waals surface area contributed by atoms with Crippen molar-refractivity contribution in [2.45, 2.75) is 6.42 Å². The number of H-pyrrole nitrogens is 1. The van der Waals surface area contributed by atoms with E-state index in [9.17, 15) is 9.59 Å². The molecule has 132 valence electrons. The first-order valence-electron chi connectivity index (χ1n) is 8.06. The molecule has 3 rings (SSSR count). The molecule has 1 fully saturated rings. The van der Waals surface area contributed by atoms with Gasteiger partial charge in [-0.2, -0.15) is 5.10 Å². The van der Waals surface area contributed by atoms with Gasteiger partial charge in [0.1, 0.15) is 11.4 Å². The smallest absolute Gasteiger partial charge is 0.271 e. The van der Waals surface area contributed by atoms with Crippen LogP contribution in [0.5, 0.6) is 0 Å². The summed E-state index contributed by atoms with van der Waals surface area (Å²) in [6.45, 7) is 2.15. The van der Waals surface area contributed by atoms with Gasteiger partial charge in [-0.25, -0.2) is 4.98 Å². The Morgan fingerprint density at radius 2 is 2.28 bits per heavy atom. The van der Waals surface area contributed by atoms with Gasteiger partial charge in [0.25, 0.3) is 11.8 Å². The lowest BCUT2D eigenvalue weighted by Crippen LogP contribution is -2.36. The Balaban J connectivity index is 1.65. The SMILES string of the molecule is CNC(=O)c1cnc(C[C@@H]2COCCN(C(=O)c3ccn[nH]3)C2)cn1. The van der Waals surface area contributed by atoms with E-state index >= 15 is 0 Å². The number of aromatic nitrogens is 4. The van der Waals surface area contributed by atoms with Crippen molar-refractivity contribution in [2.24, 2.45) is 5.92 Å². The summed E-state index contributed by atoms with van der Waals surface area (Å²) in [4.78, 5) is 34.2. The van der Waals surface area contributed by atoms with E-state index in [1.165, 1.54) is 6.20 Å². The number of aromatic amines is 1. The molecule has 0 aromatic carbocycles. The largest absolute Gasteiger partial charge is 0.379 e. The van der Waals surface area contributed by atoms with Crippen LogP contribution in [0.3, 0.4) is 0 Å². The number of nitrogens with zero attached hydrogens (tertiary/aromatic N) is 4. The van der Waals surface area contributed by atoms with E-state index in [2.05, 4.69) is 25.5 Å². The number of nitrogens with one attached hydrogen (secondary N) is 2. The first-order valence-corrected chi connectivity index (χ1v) is 8.06. The molecule has 9 nitrogen and oxygen atoms in total. The maximum atomic E-state index is 12.5. The van der Waals surface area contributed by atoms with Crippen molar-refractivity contribution in [1.29, 1.82) is 0 Å². The molecule has 1 atom stereocenters. The standard InChI is InChI=1S/C16H20N6O3/c1-17-15(23)14-8-18-12(7-19-14)6-11-9-22(4-5-25-10-11)16(24)13-2-3-20-21-13/h2-3,7-8,11H,4-6,9-10H2,1H3,(H,17,23)(H,20,21)/t11-/m0/s1. The third kappa shape index (κ3) is 4.18. The van der Waals surface area contributed by atoms with Gasteiger partial charge in [-0.3, -0.25) is 19.7 Å². The van der Waals surface area contributed by atoms with Crippen molar-refractivity contribution >= 4 is 11.8 Å².